The number of aromatic nitrogens is 2. The molecule has 1 aliphatic heterocycles. The van der Waals surface area contributed by atoms with Gasteiger partial charge >= 0.3 is 5.69 Å². The molecule has 1 amide bonds. The van der Waals surface area contributed by atoms with Gasteiger partial charge in [0.15, 0.2) is 0 Å². The van der Waals surface area contributed by atoms with Crippen molar-refractivity contribution < 1.29 is 14.5 Å². The summed E-state index contributed by atoms with van der Waals surface area (Å²) in [5, 5.41) is 15.2. The van der Waals surface area contributed by atoms with E-state index < -0.39 is 10.8 Å². The number of carbonyl (C=O) groups is 1. The Balaban J connectivity index is 2.20. The highest BCUT2D eigenvalue weighted by Gasteiger charge is 2.29. The van der Waals surface area contributed by atoms with Gasteiger partial charge in [-0.3, -0.25) is 24.5 Å². The van der Waals surface area contributed by atoms with Crippen molar-refractivity contribution in [1.29, 1.82) is 0 Å². The number of carbonyl (C=O) groups excluding carboxylic acids is 1. The summed E-state index contributed by atoms with van der Waals surface area (Å²) in [5.74, 6) is -0.874. The maximum atomic E-state index is 11.3. The predicted octanol–water partition coefficient (Wildman–Crippen LogP) is -0.215. The van der Waals surface area contributed by atoms with E-state index in [4.69, 9.17) is 10.5 Å². The molecular weight excluding hydrogens is 278 g/mol. The SMILES string of the molecule is CCc1c([N+](=O)[O-])c(C(N)=O)nn1CCN1CCOCC1. The van der Waals surface area contributed by atoms with Gasteiger partial charge in [0.25, 0.3) is 5.91 Å². The molecule has 9 nitrogen and oxygen atoms in total. The summed E-state index contributed by atoms with van der Waals surface area (Å²) in [5.41, 5.74) is 5.08. The molecule has 1 fully saturated rings. The van der Waals surface area contributed by atoms with E-state index >= 15 is 0 Å². The molecule has 0 aliphatic carbocycles. The predicted molar refractivity (Wildman–Crippen MR) is 74.0 cm³/mol. The fourth-order valence-corrected chi connectivity index (χ4v) is 2.44. The van der Waals surface area contributed by atoms with E-state index in [1.54, 1.807) is 6.92 Å². The van der Waals surface area contributed by atoms with Crippen molar-refractivity contribution in [3.8, 4) is 0 Å². The van der Waals surface area contributed by atoms with Crippen molar-refractivity contribution in [3.63, 3.8) is 0 Å². The summed E-state index contributed by atoms with van der Waals surface area (Å²) in [7, 11) is 0. The molecule has 1 saturated heterocycles. The lowest BCUT2D eigenvalue weighted by molar-refractivity contribution is -0.385. The zero-order valence-electron chi connectivity index (χ0n) is 11.9. The monoisotopic (exact) mass is 297 g/mol. The first-order valence-corrected chi connectivity index (χ1v) is 6.88. The first-order chi connectivity index (χ1) is 10.0. The van der Waals surface area contributed by atoms with Crippen LogP contribution in [0.2, 0.25) is 0 Å². The molecule has 0 radical (unpaired) electrons. The Bertz CT molecular complexity index is 536. The number of nitrogens with two attached hydrogens (primary N) is 1. The summed E-state index contributed by atoms with van der Waals surface area (Å²) >= 11 is 0. The Hall–Kier alpha value is -2.00. The summed E-state index contributed by atoms with van der Waals surface area (Å²) in [6, 6.07) is 0. The molecule has 0 atom stereocenters. The van der Waals surface area contributed by atoms with E-state index in [1.165, 1.54) is 4.68 Å². The van der Waals surface area contributed by atoms with Gasteiger partial charge in [0.1, 0.15) is 5.69 Å². The van der Waals surface area contributed by atoms with Gasteiger partial charge in [0, 0.05) is 19.6 Å². The Labute approximate surface area is 121 Å². The van der Waals surface area contributed by atoms with Crippen LogP contribution < -0.4 is 5.73 Å². The zero-order chi connectivity index (χ0) is 15.4. The normalized spacial score (nSPS) is 16.0. The lowest BCUT2D eigenvalue weighted by atomic mass is 10.2. The van der Waals surface area contributed by atoms with Crippen LogP contribution in [0.4, 0.5) is 5.69 Å². The average Bonchev–Trinajstić information content (AvgIpc) is 2.85. The highest BCUT2D eigenvalue weighted by molar-refractivity contribution is 5.95. The summed E-state index contributed by atoms with van der Waals surface area (Å²) in [6.45, 7) is 6.00. The molecule has 116 valence electrons. The number of nitrogens with zero attached hydrogens (tertiary/aromatic N) is 4. The van der Waals surface area contributed by atoms with Crippen LogP contribution in [0.3, 0.4) is 0 Å². The third kappa shape index (κ3) is 3.37. The Morgan fingerprint density at radius 1 is 1.43 bits per heavy atom. The molecular formula is C12H19N5O4. The number of primary amides is 1. The van der Waals surface area contributed by atoms with Crippen LogP contribution in [0.1, 0.15) is 23.1 Å². The fraction of sp³-hybridized carbons (Fsp3) is 0.667. The smallest absolute Gasteiger partial charge is 0.323 e. The number of amides is 1. The van der Waals surface area contributed by atoms with Gasteiger partial charge in [-0.25, -0.2) is 0 Å². The van der Waals surface area contributed by atoms with E-state index in [-0.39, 0.29) is 11.4 Å². The second kappa shape index (κ2) is 6.64. The van der Waals surface area contributed by atoms with E-state index in [2.05, 4.69) is 10.00 Å². The van der Waals surface area contributed by atoms with Gasteiger partial charge in [-0.1, -0.05) is 6.92 Å². The van der Waals surface area contributed by atoms with Crippen molar-refractivity contribution in [2.45, 2.75) is 19.9 Å². The van der Waals surface area contributed by atoms with Crippen LogP contribution in [-0.2, 0) is 17.7 Å². The molecule has 0 bridgehead atoms. The standard InChI is InChI=1S/C12H19N5O4/c1-2-9-11(17(19)20)10(12(13)18)14-16(9)4-3-15-5-7-21-8-6-15/h2-8H2,1H3,(H2,13,18). The van der Waals surface area contributed by atoms with Gasteiger partial charge in [-0.15, -0.1) is 0 Å². The lowest BCUT2D eigenvalue weighted by Crippen LogP contribution is -2.38. The summed E-state index contributed by atoms with van der Waals surface area (Å²) in [6.07, 6.45) is 0.416. The van der Waals surface area contributed by atoms with Gasteiger partial charge in [-0.05, 0) is 6.42 Å². The minimum Gasteiger partial charge on any atom is -0.379 e. The molecule has 0 spiro atoms. The number of ether oxygens (including phenoxy) is 1. The van der Waals surface area contributed by atoms with Crippen LogP contribution in [0, 0.1) is 10.1 Å². The van der Waals surface area contributed by atoms with Gasteiger partial charge < -0.3 is 10.5 Å². The van der Waals surface area contributed by atoms with Gasteiger partial charge in [0.2, 0.25) is 5.69 Å². The average molecular weight is 297 g/mol. The van der Waals surface area contributed by atoms with Crippen LogP contribution >= 0.6 is 0 Å². The van der Waals surface area contributed by atoms with E-state index in [1.807, 2.05) is 0 Å². The van der Waals surface area contributed by atoms with E-state index in [0.717, 1.165) is 13.1 Å². The molecule has 1 aromatic heterocycles. The highest BCUT2D eigenvalue weighted by atomic mass is 16.6. The Morgan fingerprint density at radius 3 is 2.62 bits per heavy atom. The zero-order valence-corrected chi connectivity index (χ0v) is 11.9. The fourth-order valence-electron chi connectivity index (χ4n) is 2.44. The summed E-state index contributed by atoms with van der Waals surface area (Å²) < 4.78 is 6.79. The van der Waals surface area contributed by atoms with Crippen molar-refractivity contribution in [1.82, 2.24) is 14.7 Å². The first kappa shape index (κ1) is 15.4. The van der Waals surface area contributed by atoms with Crippen LogP contribution in [0.25, 0.3) is 0 Å². The maximum Gasteiger partial charge on any atom is 0.323 e. The lowest BCUT2D eigenvalue weighted by Gasteiger charge is -2.26. The number of rotatable bonds is 6. The van der Waals surface area contributed by atoms with Crippen molar-refractivity contribution in [2.24, 2.45) is 5.73 Å². The number of hydrogen-bond acceptors (Lipinski definition) is 6. The van der Waals surface area contributed by atoms with Crippen LogP contribution in [0.5, 0.6) is 0 Å². The molecule has 2 rings (SSSR count). The Kier molecular flexibility index (Phi) is 4.86. The van der Waals surface area contributed by atoms with Crippen LogP contribution in [0.15, 0.2) is 0 Å². The quantitative estimate of drug-likeness (QED) is 0.573. The van der Waals surface area contributed by atoms with Crippen molar-refractivity contribution in [2.75, 3.05) is 32.8 Å². The van der Waals surface area contributed by atoms with Crippen molar-refractivity contribution >= 4 is 11.6 Å². The maximum absolute atomic E-state index is 11.3. The molecule has 21 heavy (non-hydrogen) atoms. The molecule has 0 aromatic carbocycles. The molecule has 1 aliphatic rings. The van der Waals surface area contributed by atoms with Gasteiger partial charge in [0.05, 0.1) is 24.7 Å². The molecule has 9 heteroatoms. The highest BCUT2D eigenvalue weighted by Crippen LogP contribution is 2.24. The summed E-state index contributed by atoms with van der Waals surface area (Å²) in [4.78, 5) is 24.1. The second-order valence-electron chi connectivity index (χ2n) is 4.80. The molecule has 0 unspecified atom stereocenters. The van der Waals surface area contributed by atoms with E-state index in [0.29, 0.717) is 38.4 Å². The van der Waals surface area contributed by atoms with Crippen molar-refractivity contribution in [3.05, 3.63) is 21.5 Å². The number of nitro groups is 1. The largest absolute Gasteiger partial charge is 0.379 e. The van der Waals surface area contributed by atoms with Gasteiger partial charge in [-0.2, -0.15) is 5.10 Å². The molecule has 0 saturated carbocycles. The second-order valence-corrected chi connectivity index (χ2v) is 4.80. The molecule has 1 aromatic rings. The minimum absolute atomic E-state index is 0.265. The first-order valence-electron chi connectivity index (χ1n) is 6.88. The third-order valence-electron chi connectivity index (χ3n) is 3.51. The minimum atomic E-state index is -0.874. The third-order valence-corrected chi connectivity index (χ3v) is 3.51. The van der Waals surface area contributed by atoms with E-state index in [9.17, 15) is 14.9 Å². The van der Waals surface area contributed by atoms with Crippen LogP contribution in [-0.4, -0.2) is 58.4 Å². The topological polar surface area (TPSA) is 117 Å². The molecule has 2 N–H and O–H groups in total. The number of hydrogen-bond donors (Lipinski definition) is 1. The Morgan fingerprint density at radius 2 is 2.10 bits per heavy atom. The number of morpholine rings is 1. The molecule has 2 heterocycles.